The molecule has 2 atom stereocenters. The Balaban J connectivity index is 1.85. The van der Waals surface area contributed by atoms with Crippen LogP contribution in [-0.2, 0) is 10.5 Å². The number of nitro groups is 1. The number of hydrogen-bond acceptors (Lipinski definition) is 3. The van der Waals surface area contributed by atoms with Crippen molar-refractivity contribution in [3.8, 4) is 0 Å². The molecule has 4 heteroatoms. The van der Waals surface area contributed by atoms with Crippen molar-refractivity contribution in [2.24, 2.45) is 5.92 Å². The Morgan fingerprint density at radius 1 is 1.17 bits per heavy atom. The predicted octanol–water partition coefficient (Wildman–Crippen LogP) is 3.10. The SMILES string of the molecule is O=[N+]([O-])C1(c2ccccc2)OC1C1CCCCC1. The van der Waals surface area contributed by atoms with Crippen LogP contribution in [0.15, 0.2) is 30.3 Å². The highest BCUT2D eigenvalue weighted by atomic mass is 16.7. The van der Waals surface area contributed by atoms with Gasteiger partial charge in [-0.3, -0.25) is 14.9 Å². The zero-order valence-electron chi connectivity index (χ0n) is 10.2. The Bertz CT molecular complexity index is 442. The largest absolute Gasteiger partial charge is 0.378 e. The first-order chi connectivity index (χ1) is 8.75. The van der Waals surface area contributed by atoms with Crippen LogP contribution in [-0.4, -0.2) is 11.0 Å². The highest BCUT2D eigenvalue weighted by molar-refractivity contribution is 5.26. The van der Waals surface area contributed by atoms with Crippen molar-refractivity contribution < 1.29 is 9.66 Å². The Labute approximate surface area is 106 Å². The van der Waals surface area contributed by atoms with E-state index >= 15 is 0 Å². The highest BCUT2D eigenvalue weighted by Crippen LogP contribution is 2.53. The van der Waals surface area contributed by atoms with Crippen LogP contribution in [0.2, 0.25) is 0 Å². The third-order valence-corrected chi connectivity index (χ3v) is 4.17. The van der Waals surface area contributed by atoms with E-state index < -0.39 is 5.72 Å². The molecule has 1 heterocycles. The number of epoxide rings is 1. The average Bonchev–Trinajstić information content (AvgIpc) is 3.18. The van der Waals surface area contributed by atoms with Crippen molar-refractivity contribution in [3.05, 3.63) is 46.0 Å². The van der Waals surface area contributed by atoms with E-state index in [-0.39, 0.29) is 11.0 Å². The van der Waals surface area contributed by atoms with Gasteiger partial charge < -0.3 is 0 Å². The summed E-state index contributed by atoms with van der Waals surface area (Å²) < 4.78 is 5.59. The summed E-state index contributed by atoms with van der Waals surface area (Å²) in [7, 11) is 0. The van der Waals surface area contributed by atoms with Gasteiger partial charge in [-0.2, -0.15) is 0 Å². The molecular formula is C14H17NO3. The van der Waals surface area contributed by atoms with E-state index in [1.807, 2.05) is 18.2 Å². The second-order valence-corrected chi connectivity index (χ2v) is 5.26. The summed E-state index contributed by atoms with van der Waals surface area (Å²) >= 11 is 0. The summed E-state index contributed by atoms with van der Waals surface area (Å²) in [6.07, 6.45) is 5.50. The maximum atomic E-state index is 11.4. The molecule has 1 aromatic rings. The molecule has 0 amide bonds. The number of benzene rings is 1. The van der Waals surface area contributed by atoms with E-state index in [1.54, 1.807) is 12.1 Å². The van der Waals surface area contributed by atoms with Crippen LogP contribution in [0, 0.1) is 16.0 Å². The minimum Gasteiger partial charge on any atom is -0.294 e. The van der Waals surface area contributed by atoms with Gasteiger partial charge in [0.15, 0.2) is 6.10 Å². The van der Waals surface area contributed by atoms with Gasteiger partial charge in [0.25, 0.3) is 0 Å². The minimum atomic E-state index is -1.26. The van der Waals surface area contributed by atoms with Gasteiger partial charge >= 0.3 is 5.72 Å². The lowest BCUT2D eigenvalue weighted by molar-refractivity contribution is -0.572. The molecule has 1 aliphatic heterocycles. The first kappa shape index (κ1) is 11.7. The summed E-state index contributed by atoms with van der Waals surface area (Å²) in [5.41, 5.74) is -0.575. The molecule has 2 fully saturated rings. The summed E-state index contributed by atoms with van der Waals surface area (Å²) in [4.78, 5) is 11.2. The van der Waals surface area contributed by atoms with Gasteiger partial charge in [-0.1, -0.05) is 37.5 Å². The molecule has 18 heavy (non-hydrogen) atoms. The number of ether oxygens (including phenoxy) is 1. The van der Waals surface area contributed by atoms with Gasteiger partial charge in [0.05, 0.1) is 10.5 Å². The molecule has 1 aromatic carbocycles. The van der Waals surface area contributed by atoms with Crippen molar-refractivity contribution in [1.29, 1.82) is 0 Å². The molecule has 0 aromatic heterocycles. The highest BCUT2D eigenvalue weighted by Gasteiger charge is 2.72. The quantitative estimate of drug-likeness (QED) is 0.468. The number of hydrogen-bond donors (Lipinski definition) is 0. The number of rotatable bonds is 3. The van der Waals surface area contributed by atoms with Crippen LogP contribution >= 0.6 is 0 Å². The monoisotopic (exact) mass is 247 g/mol. The zero-order chi connectivity index (χ0) is 12.6. The smallest absolute Gasteiger partial charge is 0.294 e. The molecule has 1 saturated heterocycles. The lowest BCUT2D eigenvalue weighted by atomic mass is 9.83. The van der Waals surface area contributed by atoms with Crippen molar-refractivity contribution in [2.75, 3.05) is 0 Å². The van der Waals surface area contributed by atoms with Crippen LogP contribution < -0.4 is 0 Å². The number of nitrogens with zero attached hydrogens (tertiary/aromatic N) is 1. The summed E-state index contributed by atoms with van der Waals surface area (Å²) in [5, 5.41) is 11.4. The molecule has 1 saturated carbocycles. The van der Waals surface area contributed by atoms with E-state index in [9.17, 15) is 10.1 Å². The Morgan fingerprint density at radius 3 is 2.44 bits per heavy atom. The molecule has 0 radical (unpaired) electrons. The second-order valence-electron chi connectivity index (χ2n) is 5.26. The minimum absolute atomic E-state index is 0.227. The zero-order valence-corrected chi connectivity index (χ0v) is 10.2. The molecule has 1 aliphatic carbocycles. The maximum absolute atomic E-state index is 11.4. The molecule has 4 nitrogen and oxygen atoms in total. The molecule has 3 rings (SSSR count). The van der Waals surface area contributed by atoms with Gasteiger partial charge in [0.2, 0.25) is 0 Å². The summed E-state index contributed by atoms with van der Waals surface area (Å²) in [5.74, 6) is 0.351. The Kier molecular flexibility index (Phi) is 2.82. The van der Waals surface area contributed by atoms with Crippen LogP contribution in [0.25, 0.3) is 0 Å². The normalized spacial score (nSPS) is 32.1. The van der Waals surface area contributed by atoms with Crippen molar-refractivity contribution in [3.63, 3.8) is 0 Å². The molecule has 0 bridgehead atoms. The van der Waals surface area contributed by atoms with E-state index in [1.165, 1.54) is 19.3 Å². The first-order valence-corrected chi connectivity index (χ1v) is 6.63. The van der Waals surface area contributed by atoms with E-state index in [4.69, 9.17) is 4.74 Å². The fourth-order valence-electron chi connectivity index (χ4n) is 3.17. The predicted molar refractivity (Wildman–Crippen MR) is 66.6 cm³/mol. The van der Waals surface area contributed by atoms with E-state index in [0.717, 1.165) is 12.8 Å². The first-order valence-electron chi connectivity index (χ1n) is 6.63. The molecule has 0 spiro atoms. The summed E-state index contributed by atoms with van der Waals surface area (Å²) in [6, 6.07) is 9.13. The third kappa shape index (κ3) is 1.72. The Hall–Kier alpha value is -1.42. The third-order valence-electron chi connectivity index (χ3n) is 4.17. The molecule has 96 valence electrons. The topological polar surface area (TPSA) is 55.7 Å². The molecule has 2 unspecified atom stereocenters. The molecule has 0 N–H and O–H groups in total. The lowest BCUT2D eigenvalue weighted by Crippen LogP contribution is -2.28. The van der Waals surface area contributed by atoms with Crippen molar-refractivity contribution in [2.45, 2.75) is 43.9 Å². The van der Waals surface area contributed by atoms with Gasteiger partial charge in [-0.15, -0.1) is 0 Å². The lowest BCUT2D eigenvalue weighted by Gasteiger charge is -2.19. The standard InChI is InChI=1S/C14H17NO3/c16-15(17)14(12-9-5-2-6-10-12)13(18-14)11-7-3-1-4-8-11/h2,5-6,9-11,13H,1,3-4,7-8H2. The fraction of sp³-hybridized carbons (Fsp3) is 0.571. The van der Waals surface area contributed by atoms with Gasteiger partial charge in [-0.25, -0.2) is 0 Å². The van der Waals surface area contributed by atoms with Gasteiger partial charge in [0.1, 0.15) is 0 Å². The van der Waals surface area contributed by atoms with Gasteiger partial charge in [-0.05, 0) is 30.9 Å². The summed E-state index contributed by atoms with van der Waals surface area (Å²) in [6.45, 7) is 0. The van der Waals surface area contributed by atoms with Crippen molar-refractivity contribution >= 4 is 0 Å². The van der Waals surface area contributed by atoms with Crippen molar-refractivity contribution in [1.82, 2.24) is 0 Å². The molecule has 2 aliphatic rings. The fourth-order valence-corrected chi connectivity index (χ4v) is 3.17. The van der Waals surface area contributed by atoms with Gasteiger partial charge in [0, 0.05) is 0 Å². The van der Waals surface area contributed by atoms with Crippen LogP contribution in [0.1, 0.15) is 37.7 Å². The van der Waals surface area contributed by atoms with Crippen LogP contribution in [0.4, 0.5) is 0 Å². The Morgan fingerprint density at radius 2 is 1.83 bits per heavy atom. The van der Waals surface area contributed by atoms with Crippen LogP contribution in [0.3, 0.4) is 0 Å². The molecular weight excluding hydrogens is 230 g/mol. The van der Waals surface area contributed by atoms with E-state index in [2.05, 4.69) is 0 Å². The van der Waals surface area contributed by atoms with Crippen LogP contribution in [0.5, 0.6) is 0 Å². The maximum Gasteiger partial charge on any atom is 0.378 e. The average molecular weight is 247 g/mol. The second kappa shape index (κ2) is 4.35. The van der Waals surface area contributed by atoms with E-state index in [0.29, 0.717) is 11.5 Å².